The zero-order chi connectivity index (χ0) is 14.5. The molecule has 0 bridgehead atoms. The fraction of sp³-hybridized carbons (Fsp3) is 0.333. The monoisotopic (exact) mass is 275 g/mol. The molecule has 4 nitrogen and oxygen atoms in total. The van der Waals surface area contributed by atoms with E-state index in [0.29, 0.717) is 12.1 Å². The first kappa shape index (κ1) is 14.2. The highest BCUT2D eigenvalue weighted by Gasteiger charge is 2.14. The molecule has 0 fully saturated rings. The number of unbranched alkanes of at least 4 members (excludes halogenated alkanes) is 1. The quantitative estimate of drug-likeness (QED) is 0.853. The Hall–Kier alpha value is -2.17. The fourth-order valence-electron chi connectivity index (χ4n) is 1.95. The predicted molar refractivity (Wildman–Crippen MR) is 75.5 cm³/mol. The van der Waals surface area contributed by atoms with E-state index in [0.717, 1.165) is 24.2 Å². The molecule has 5 heteroatoms. The van der Waals surface area contributed by atoms with Crippen molar-refractivity contribution >= 4 is 5.91 Å². The Morgan fingerprint density at radius 3 is 2.70 bits per heavy atom. The lowest BCUT2D eigenvalue weighted by Gasteiger charge is -2.06. The number of halogens is 1. The maximum absolute atomic E-state index is 12.9. The Kier molecular flexibility index (Phi) is 4.50. The molecular formula is C15H18FN3O. The first-order valence-corrected chi connectivity index (χ1v) is 6.72. The van der Waals surface area contributed by atoms with E-state index in [2.05, 4.69) is 17.3 Å². The van der Waals surface area contributed by atoms with Gasteiger partial charge < -0.3 is 5.32 Å². The van der Waals surface area contributed by atoms with Crippen LogP contribution in [0.15, 0.2) is 30.5 Å². The Labute approximate surface area is 117 Å². The predicted octanol–water partition coefficient (Wildman–Crippen LogP) is 2.85. The second kappa shape index (κ2) is 6.32. The maximum Gasteiger partial charge on any atom is 0.254 e. The number of aromatic nitrogens is 2. The summed E-state index contributed by atoms with van der Waals surface area (Å²) in [5.74, 6) is -0.416. The van der Waals surface area contributed by atoms with Crippen LogP contribution in [0.3, 0.4) is 0 Å². The van der Waals surface area contributed by atoms with Crippen LogP contribution >= 0.6 is 0 Å². The van der Waals surface area contributed by atoms with Gasteiger partial charge in [-0.15, -0.1) is 0 Å². The van der Waals surface area contributed by atoms with Gasteiger partial charge >= 0.3 is 0 Å². The van der Waals surface area contributed by atoms with E-state index in [1.807, 2.05) is 6.92 Å². The SMILES string of the molecule is CCCCNC(=O)c1cnn(-c2ccc(F)cc2)c1C. The third-order valence-electron chi connectivity index (χ3n) is 3.14. The number of carbonyl (C=O) groups is 1. The average molecular weight is 275 g/mol. The van der Waals surface area contributed by atoms with Gasteiger partial charge in [0.1, 0.15) is 5.82 Å². The van der Waals surface area contributed by atoms with E-state index in [1.165, 1.54) is 12.1 Å². The van der Waals surface area contributed by atoms with Gasteiger partial charge in [-0.2, -0.15) is 5.10 Å². The minimum absolute atomic E-state index is 0.121. The first-order valence-electron chi connectivity index (χ1n) is 6.72. The molecule has 0 atom stereocenters. The van der Waals surface area contributed by atoms with Crippen LogP contribution in [-0.4, -0.2) is 22.2 Å². The number of hydrogen-bond donors (Lipinski definition) is 1. The van der Waals surface area contributed by atoms with Gasteiger partial charge in [-0.3, -0.25) is 4.79 Å². The van der Waals surface area contributed by atoms with E-state index in [4.69, 9.17) is 0 Å². The van der Waals surface area contributed by atoms with Gasteiger partial charge in [0.25, 0.3) is 5.91 Å². The van der Waals surface area contributed by atoms with E-state index in [9.17, 15) is 9.18 Å². The Morgan fingerprint density at radius 1 is 1.35 bits per heavy atom. The summed E-state index contributed by atoms with van der Waals surface area (Å²) in [4.78, 5) is 12.0. The highest BCUT2D eigenvalue weighted by Crippen LogP contribution is 2.14. The average Bonchev–Trinajstić information content (AvgIpc) is 2.82. The lowest BCUT2D eigenvalue weighted by atomic mass is 10.2. The third kappa shape index (κ3) is 3.04. The number of rotatable bonds is 5. The zero-order valence-corrected chi connectivity index (χ0v) is 11.7. The zero-order valence-electron chi connectivity index (χ0n) is 11.7. The Morgan fingerprint density at radius 2 is 2.05 bits per heavy atom. The van der Waals surface area contributed by atoms with Crippen molar-refractivity contribution in [1.82, 2.24) is 15.1 Å². The van der Waals surface area contributed by atoms with Crippen LogP contribution in [0.25, 0.3) is 5.69 Å². The van der Waals surface area contributed by atoms with Crippen LogP contribution < -0.4 is 5.32 Å². The summed E-state index contributed by atoms with van der Waals surface area (Å²) >= 11 is 0. The topological polar surface area (TPSA) is 46.9 Å². The van der Waals surface area contributed by atoms with Gasteiger partial charge in [0.15, 0.2) is 0 Å². The van der Waals surface area contributed by atoms with Crippen molar-refractivity contribution < 1.29 is 9.18 Å². The maximum atomic E-state index is 12.9. The summed E-state index contributed by atoms with van der Waals surface area (Å²) in [6, 6.07) is 6.01. The van der Waals surface area contributed by atoms with Crippen LogP contribution in [0.2, 0.25) is 0 Å². The molecule has 2 rings (SSSR count). The van der Waals surface area contributed by atoms with Gasteiger partial charge in [-0.25, -0.2) is 9.07 Å². The molecule has 0 aliphatic heterocycles. The van der Waals surface area contributed by atoms with Crippen molar-refractivity contribution in [3.8, 4) is 5.69 Å². The summed E-state index contributed by atoms with van der Waals surface area (Å²) in [5.41, 5.74) is 2.02. The number of benzene rings is 1. The van der Waals surface area contributed by atoms with E-state index >= 15 is 0 Å². The number of nitrogens with zero attached hydrogens (tertiary/aromatic N) is 2. The molecular weight excluding hydrogens is 257 g/mol. The molecule has 0 aliphatic rings. The molecule has 0 saturated heterocycles. The summed E-state index contributed by atoms with van der Waals surface area (Å²) < 4.78 is 14.5. The largest absolute Gasteiger partial charge is 0.352 e. The molecule has 20 heavy (non-hydrogen) atoms. The summed E-state index contributed by atoms with van der Waals surface area (Å²) in [6.07, 6.45) is 3.53. The van der Waals surface area contributed by atoms with Crippen LogP contribution in [0.5, 0.6) is 0 Å². The minimum atomic E-state index is -0.295. The van der Waals surface area contributed by atoms with Crippen molar-refractivity contribution in [2.24, 2.45) is 0 Å². The van der Waals surface area contributed by atoms with E-state index < -0.39 is 0 Å². The van der Waals surface area contributed by atoms with Crippen molar-refractivity contribution in [2.45, 2.75) is 26.7 Å². The van der Waals surface area contributed by atoms with Crippen molar-refractivity contribution in [1.29, 1.82) is 0 Å². The molecule has 0 unspecified atom stereocenters. The van der Waals surface area contributed by atoms with Crippen molar-refractivity contribution in [2.75, 3.05) is 6.54 Å². The second-order valence-electron chi connectivity index (χ2n) is 4.64. The third-order valence-corrected chi connectivity index (χ3v) is 3.14. The molecule has 1 amide bonds. The summed E-state index contributed by atoms with van der Waals surface area (Å²) in [5, 5.41) is 7.06. The Bertz CT molecular complexity index is 590. The highest BCUT2D eigenvalue weighted by molar-refractivity contribution is 5.95. The minimum Gasteiger partial charge on any atom is -0.352 e. The molecule has 0 aliphatic carbocycles. The molecule has 1 N–H and O–H groups in total. The second-order valence-corrected chi connectivity index (χ2v) is 4.64. The number of amides is 1. The van der Waals surface area contributed by atoms with Crippen LogP contribution in [-0.2, 0) is 0 Å². The smallest absolute Gasteiger partial charge is 0.254 e. The Balaban J connectivity index is 2.18. The molecule has 1 heterocycles. The van der Waals surface area contributed by atoms with E-state index in [-0.39, 0.29) is 11.7 Å². The van der Waals surface area contributed by atoms with Gasteiger partial charge in [-0.05, 0) is 37.6 Å². The molecule has 106 valence electrons. The lowest BCUT2D eigenvalue weighted by molar-refractivity contribution is 0.0952. The first-order chi connectivity index (χ1) is 9.63. The number of nitrogens with one attached hydrogen (secondary N) is 1. The van der Waals surface area contributed by atoms with Gasteiger partial charge in [-0.1, -0.05) is 13.3 Å². The molecule has 0 radical (unpaired) electrons. The molecule has 2 aromatic rings. The van der Waals surface area contributed by atoms with E-state index in [1.54, 1.807) is 23.0 Å². The van der Waals surface area contributed by atoms with Gasteiger partial charge in [0.2, 0.25) is 0 Å². The van der Waals surface area contributed by atoms with Crippen LogP contribution in [0.1, 0.15) is 35.8 Å². The van der Waals surface area contributed by atoms with Gasteiger partial charge in [0, 0.05) is 6.54 Å². The molecule has 0 saturated carbocycles. The number of carbonyl (C=O) groups excluding carboxylic acids is 1. The summed E-state index contributed by atoms with van der Waals surface area (Å²) in [7, 11) is 0. The normalized spacial score (nSPS) is 10.6. The van der Waals surface area contributed by atoms with Crippen LogP contribution in [0, 0.1) is 12.7 Å². The van der Waals surface area contributed by atoms with Crippen molar-refractivity contribution in [3.05, 3.63) is 47.5 Å². The molecule has 1 aromatic heterocycles. The standard InChI is InChI=1S/C15H18FN3O/c1-3-4-9-17-15(20)14-10-18-19(11(14)2)13-7-5-12(16)6-8-13/h5-8,10H,3-4,9H2,1-2H3,(H,17,20). The lowest BCUT2D eigenvalue weighted by Crippen LogP contribution is -2.24. The fourth-order valence-corrected chi connectivity index (χ4v) is 1.95. The molecule has 0 spiro atoms. The van der Waals surface area contributed by atoms with Crippen LogP contribution in [0.4, 0.5) is 4.39 Å². The highest BCUT2D eigenvalue weighted by atomic mass is 19.1. The number of hydrogen-bond acceptors (Lipinski definition) is 2. The molecule has 1 aromatic carbocycles. The van der Waals surface area contributed by atoms with Crippen molar-refractivity contribution in [3.63, 3.8) is 0 Å². The van der Waals surface area contributed by atoms with Gasteiger partial charge in [0.05, 0.1) is 23.1 Å². The summed E-state index contributed by atoms with van der Waals surface area (Å²) in [6.45, 7) is 4.56.